The topological polar surface area (TPSA) is 110 Å². The van der Waals surface area contributed by atoms with E-state index < -0.39 is 20.9 Å². The van der Waals surface area contributed by atoms with E-state index in [0.717, 1.165) is 19.3 Å². The molecule has 1 amide bonds. The average Bonchev–Trinajstić information content (AvgIpc) is 2.69. The molecule has 3 rings (SSSR count). The molecule has 1 N–H and O–H groups in total. The second-order valence-electron chi connectivity index (χ2n) is 6.22. The minimum Gasteiger partial charge on any atom is -0.322 e. The molecular weight excluding hydrogens is 370 g/mol. The number of amides is 1. The first kappa shape index (κ1) is 19.0. The van der Waals surface area contributed by atoms with Gasteiger partial charge >= 0.3 is 0 Å². The molecule has 1 saturated heterocycles. The Labute approximate surface area is 157 Å². The summed E-state index contributed by atoms with van der Waals surface area (Å²) in [6.45, 7) is 0.890. The number of rotatable bonds is 5. The number of hydrogen-bond acceptors (Lipinski definition) is 5. The normalized spacial score (nSPS) is 15.3. The van der Waals surface area contributed by atoms with Crippen LogP contribution in [0.3, 0.4) is 0 Å². The van der Waals surface area contributed by atoms with E-state index in [4.69, 9.17) is 0 Å². The van der Waals surface area contributed by atoms with Crippen LogP contribution in [0.4, 0.5) is 11.4 Å². The fraction of sp³-hybridized carbons (Fsp3) is 0.278. The Bertz CT molecular complexity index is 951. The van der Waals surface area contributed by atoms with Crippen molar-refractivity contribution >= 4 is 27.3 Å². The zero-order valence-corrected chi connectivity index (χ0v) is 15.3. The third kappa shape index (κ3) is 4.15. The lowest BCUT2D eigenvalue weighted by Crippen LogP contribution is -2.36. The fourth-order valence-electron chi connectivity index (χ4n) is 2.99. The summed E-state index contributed by atoms with van der Waals surface area (Å²) in [5.74, 6) is -0.583. The van der Waals surface area contributed by atoms with Gasteiger partial charge in [-0.15, -0.1) is 0 Å². The summed E-state index contributed by atoms with van der Waals surface area (Å²) in [4.78, 5) is 22.8. The van der Waals surface area contributed by atoms with Crippen LogP contribution in [0.5, 0.6) is 0 Å². The van der Waals surface area contributed by atoms with Crippen molar-refractivity contribution in [3.63, 3.8) is 0 Å². The van der Waals surface area contributed by atoms with Gasteiger partial charge in [-0.25, -0.2) is 8.42 Å². The summed E-state index contributed by atoms with van der Waals surface area (Å²) < 4.78 is 27.3. The van der Waals surface area contributed by atoms with Gasteiger partial charge in [-0.05, 0) is 37.1 Å². The largest absolute Gasteiger partial charge is 0.322 e. The Kier molecular flexibility index (Phi) is 5.52. The van der Waals surface area contributed by atoms with Crippen molar-refractivity contribution in [1.82, 2.24) is 4.31 Å². The van der Waals surface area contributed by atoms with Crippen molar-refractivity contribution in [3.8, 4) is 0 Å². The lowest BCUT2D eigenvalue weighted by Gasteiger charge is -2.26. The molecule has 8 nitrogen and oxygen atoms in total. The minimum absolute atomic E-state index is 0.0358. The van der Waals surface area contributed by atoms with Gasteiger partial charge in [0.1, 0.15) is 0 Å². The molecule has 0 aromatic heterocycles. The highest BCUT2D eigenvalue weighted by atomic mass is 32.2. The first-order valence-electron chi connectivity index (χ1n) is 8.54. The highest BCUT2D eigenvalue weighted by Crippen LogP contribution is 2.24. The Morgan fingerprint density at radius 2 is 1.63 bits per heavy atom. The highest BCUT2D eigenvalue weighted by molar-refractivity contribution is 7.89. The second-order valence-corrected chi connectivity index (χ2v) is 8.13. The van der Waals surface area contributed by atoms with E-state index in [9.17, 15) is 23.3 Å². The number of non-ortho nitro benzene ring substituents is 1. The minimum atomic E-state index is -3.76. The zero-order chi connectivity index (χ0) is 19.4. The van der Waals surface area contributed by atoms with Gasteiger partial charge < -0.3 is 5.32 Å². The Balaban J connectivity index is 1.86. The van der Waals surface area contributed by atoms with Crippen LogP contribution in [0, 0.1) is 10.1 Å². The van der Waals surface area contributed by atoms with E-state index in [2.05, 4.69) is 5.32 Å². The number of nitrogens with zero attached hydrogens (tertiary/aromatic N) is 2. The Hall–Kier alpha value is -2.78. The molecule has 0 radical (unpaired) electrons. The van der Waals surface area contributed by atoms with Crippen LogP contribution in [-0.4, -0.2) is 36.6 Å². The van der Waals surface area contributed by atoms with Crippen molar-refractivity contribution in [2.75, 3.05) is 18.4 Å². The average molecular weight is 389 g/mol. The summed E-state index contributed by atoms with van der Waals surface area (Å²) in [6, 6.07) is 11.4. The van der Waals surface area contributed by atoms with Crippen molar-refractivity contribution in [3.05, 3.63) is 64.2 Å². The van der Waals surface area contributed by atoms with Crippen molar-refractivity contribution in [2.45, 2.75) is 24.2 Å². The van der Waals surface area contributed by atoms with E-state index in [0.29, 0.717) is 18.8 Å². The van der Waals surface area contributed by atoms with Crippen LogP contribution < -0.4 is 5.32 Å². The Morgan fingerprint density at radius 1 is 1.00 bits per heavy atom. The third-order valence-electron chi connectivity index (χ3n) is 4.40. The van der Waals surface area contributed by atoms with E-state index in [1.54, 1.807) is 12.1 Å². The van der Waals surface area contributed by atoms with Gasteiger partial charge in [-0.2, -0.15) is 4.31 Å². The number of anilines is 1. The van der Waals surface area contributed by atoms with Crippen LogP contribution in [-0.2, 0) is 10.0 Å². The maximum Gasteiger partial charge on any atom is 0.269 e. The van der Waals surface area contributed by atoms with Crippen LogP contribution in [0.1, 0.15) is 29.6 Å². The van der Waals surface area contributed by atoms with Crippen molar-refractivity contribution < 1.29 is 18.1 Å². The van der Waals surface area contributed by atoms with E-state index in [-0.39, 0.29) is 16.1 Å². The first-order valence-corrected chi connectivity index (χ1v) is 9.98. The molecule has 0 saturated carbocycles. The molecule has 0 atom stereocenters. The number of nitrogens with one attached hydrogen (secondary N) is 1. The standard InChI is InChI=1S/C18H19N3O5S/c22-18(19-14-8-10-15(11-9-14)21(23)24)16-6-2-3-7-17(16)27(25,26)20-12-4-1-5-13-20/h2-3,6-11H,1,4-5,12-13H2,(H,19,22). The molecule has 2 aromatic rings. The van der Waals surface area contributed by atoms with Gasteiger partial charge in [0.25, 0.3) is 11.6 Å². The summed E-state index contributed by atoms with van der Waals surface area (Å²) in [5.41, 5.74) is 0.290. The summed E-state index contributed by atoms with van der Waals surface area (Å²) >= 11 is 0. The molecule has 0 unspecified atom stereocenters. The number of sulfonamides is 1. The monoisotopic (exact) mass is 389 g/mol. The maximum absolute atomic E-state index is 13.0. The van der Waals surface area contributed by atoms with Gasteiger partial charge in [0.05, 0.1) is 15.4 Å². The summed E-state index contributed by atoms with van der Waals surface area (Å²) in [5, 5.41) is 13.3. The van der Waals surface area contributed by atoms with Gasteiger partial charge in [-0.1, -0.05) is 18.6 Å². The number of hydrogen-bond donors (Lipinski definition) is 1. The number of nitro benzene ring substituents is 1. The molecule has 1 aliphatic heterocycles. The van der Waals surface area contributed by atoms with E-state index >= 15 is 0 Å². The van der Waals surface area contributed by atoms with Crippen molar-refractivity contribution in [1.29, 1.82) is 0 Å². The SMILES string of the molecule is O=C(Nc1ccc([N+](=O)[O-])cc1)c1ccccc1S(=O)(=O)N1CCCCC1. The van der Waals surface area contributed by atoms with Crippen molar-refractivity contribution in [2.24, 2.45) is 0 Å². The lowest BCUT2D eigenvalue weighted by molar-refractivity contribution is -0.384. The molecule has 0 aliphatic carbocycles. The number of carbonyl (C=O) groups excluding carboxylic acids is 1. The van der Waals surface area contributed by atoms with E-state index in [1.807, 2.05) is 0 Å². The second kappa shape index (κ2) is 7.85. The molecule has 0 bridgehead atoms. The molecule has 27 heavy (non-hydrogen) atoms. The number of carbonyl (C=O) groups is 1. The molecule has 1 heterocycles. The molecular formula is C18H19N3O5S. The quantitative estimate of drug-likeness (QED) is 0.624. The van der Waals surface area contributed by atoms with Crippen LogP contribution in [0.15, 0.2) is 53.4 Å². The smallest absolute Gasteiger partial charge is 0.269 e. The first-order chi connectivity index (χ1) is 12.9. The predicted octanol–water partition coefficient (Wildman–Crippen LogP) is 3.02. The summed E-state index contributed by atoms with van der Waals surface area (Å²) in [7, 11) is -3.76. The number of nitro groups is 1. The highest BCUT2D eigenvalue weighted by Gasteiger charge is 2.29. The van der Waals surface area contributed by atoms with E-state index in [1.165, 1.54) is 40.7 Å². The van der Waals surface area contributed by atoms with Gasteiger partial charge in [0.15, 0.2) is 0 Å². The predicted molar refractivity (Wildman–Crippen MR) is 100 cm³/mol. The van der Waals surface area contributed by atoms with Crippen LogP contribution >= 0.6 is 0 Å². The fourth-order valence-corrected chi connectivity index (χ4v) is 4.69. The number of piperidine rings is 1. The third-order valence-corrected chi connectivity index (χ3v) is 6.36. The zero-order valence-electron chi connectivity index (χ0n) is 14.5. The van der Waals surface area contributed by atoms with Gasteiger partial charge in [0.2, 0.25) is 10.0 Å². The molecule has 2 aromatic carbocycles. The maximum atomic E-state index is 13.0. The molecule has 142 valence electrons. The molecule has 0 spiro atoms. The van der Waals surface area contributed by atoms with Gasteiger partial charge in [-0.3, -0.25) is 14.9 Å². The van der Waals surface area contributed by atoms with Crippen LogP contribution in [0.2, 0.25) is 0 Å². The Morgan fingerprint density at radius 3 is 2.26 bits per heavy atom. The lowest BCUT2D eigenvalue weighted by atomic mass is 10.2. The summed E-state index contributed by atoms with van der Waals surface area (Å²) in [6.07, 6.45) is 2.60. The van der Waals surface area contributed by atoms with Crippen LogP contribution in [0.25, 0.3) is 0 Å². The molecule has 1 fully saturated rings. The molecule has 9 heteroatoms. The number of benzene rings is 2. The van der Waals surface area contributed by atoms with Gasteiger partial charge in [0, 0.05) is 30.9 Å². The molecule has 1 aliphatic rings.